The quantitative estimate of drug-likeness (QED) is 0.752. The highest BCUT2D eigenvalue weighted by molar-refractivity contribution is 5.14. The van der Waals surface area contributed by atoms with E-state index in [-0.39, 0.29) is 6.42 Å². The van der Waals surface area contributed by atoms with Crippen molar-refractivity contribution in [2.24, 2.45) is 0 Å². The molecule has 0 bridgehead atoms. The number of halogens is 3. The third kappa shape index (κ3) is 3.90. The van der Waals surface area contributed by atoms with Crippen molar-refractivity contribution in [1.82, 2.24) is 4.98 Å². The van der Waals surface area contributed by atoms with Gasteiger partial charge in [0.25, 0.3) is 0 Å². The van der Waals surface area contributed by atoms with Gasteiger partial charge in [-0.05, 0) is 18.6 Å². The summed E-state index contributed by atoms with van der Waals surface area (Å²) in [5, 5.41) is 0. The Bertz CT molecular complexity index is 303. The van der Waals surface area contributed by atoms with Crippen LogP contribution in [0.5, 0.6) is 0 Å². The van der Waals surface area contributed by atoms with Crippen LogP contribution in [-0.2, 0) is 5.41 Å². The predicted molar refractivity (Wildman–Crippen MR) is 52.6 cm³/mol. The number of hydrogen-bond acceptors (Lipinski definition) is 1. The Kier molecular flexibility index (Phi) is 3.37. The first-order chi connectivity index (χ1) is 6.81. The first kappa shape index (κ1) is 12.0. The van der Waals surface area contributed by atoms with Crippen molar-refractivity contribution < 1.29 is 13.2 Å². The zero-order valence-corrected chi connectivity index (χ0v) is 8.80. The van der Waals surface area contributed by atoms with Gasteiger partial charge in [0.15, 0.2) is 0 Å². The van der Waals surface area contributed by atoms with Crippen LogP contribution in [0.3, 0.4) is 0 Å². The van der Waals surface area contributed by atoms with Crippen molar-refractivity contribution in [1.29, 1.82) is 0 Å². The van der Waals surface area contributed by atoms with E-state index in [0.717, 1.165) is 0 Å². The molecule has 1 rings (SSSR count). The second-order valence-electron chi connectivity index (χ2n) is 4.21. The van der Waals surface area contributed by atoms with Crippen LogP contribution in [-0.4, -0.2) is 11.2 Å². The Morgan fingerprint density at radius 2 is 1.80 bits per heavy atom. The molecule has 0 amide bonds. The Hall–Kier alpha value is -1.06. The predicted octanol–water partition coefficient (Wildman–Crippen LogP) is 3.70. The van der Waals surface area contributed by atoms with E-state index < -0.39 is 18.0 Å². The number of alkyl halides is 3. The summed E-state index contributed by atoms with van der Waals surface area (Å²) < 4.78 is 36.2. The number of hydrogen-bond donors (Lipinski definition) is 0. The van der Waals surface area contributed by atoms with Crippen LogP contribution in [0.15, 0.2) is 24.4 Å². The summed E-state index contributed by atoms with van der Waals surface area (Å²) in [7, 11) is 0. The van der Waals surface area contributed by atoms with E-state index in [1.165, 1.54) is 0 Å². The molecule has 84 valence electrons. The van der Waals surface area contributed by atoms with E-state index in [0.29, 0.717) is 5.69 Å². The van der Waals surface area contributed by atoms with Crippen molar-refractivity contribution >= 4 is 0 Å². The summed E-state index contributed by atoms with van der Waals surface area (Å²) in [4.78, 5) is 4.08. The minimum atomic E-state index is -4.09. The van der Waals surface area contributed by atoms with Gasteiger partial charge in [-0.2, -0.15) is 13.2 Å². The van der Waals surface area contributed by atoms with E-state index in [1.54, 1.807) is 38.2 Å². The molecule has 1 aromatic rings. The molecule has 0 aliphatic heterocycles. The Morgan fingerprint density at radius 1 is 1.13 bits per heavy atom. The van der Waals surface area contributed by atoms with Crippen molar-refractivity contribution in [3.05, 3.63) is 30.1 Å². The Labute approximate surface area is 87.3 Å². The summed E-state index contributed by atoms with van der Waals surface area (Å²) in [6.45, 7) is 3.56. The molecular weight excluding hydrogens is 203 g/mol. The molecular formula is C11H14F3N. The molecule has 0 fully saturated rings. The fraction of sp³-hybridized carbons (Fsp3) is 0.545. The van der Waals surface area contributed by atoms with Gasteiger partial charge in [0, 0.05) is 23.7 Å². The molecule has 0 atom stereocenters. The van der Waals surface area contributed by atoms with Crippen molar-refractivity contribution in [2.75, 3.05) is 0 Å². The van der Waals surface area contributed by atoms with Crippen LogP contribution >= 0.6 is 0 Å². The molecule has 15 heavy (non-hydrogen) atoms. The summed E-state index contributed by atoms with van der Waals surface area (Å²) >= 11 is 0. The molecule has 0 N–H and O–H groups in total. The van der Waals surface area contributed by atoms with Crippen LogP contribution in [0.2, 0.25) is 0 Å². The van der Waals surface area contributed by atoms with Gasteiger partial charge in [0.1, 0.15) is 0 Å². The molecule has 0 unspecified atom stereocenters. The van der Waals surface area contributed by atoms with E-state index in [1.807, 2.05) is 0 Å². The minimum absolute atomic E-state index is 0.0630. The normalized spacial score (nSPS) is 12.9. The van der Waals surface area contributed by atoms with Gasteiger partial charge in [0.2, 0.25) is 0 Å². The third-order valence-corrected chi connectivity index (χ3v) is 2.39. The van der Waals surface area contributed by atoms with Crippen LogP contribution in [0.25, 0.3) is 0 Å². The van der Waals surface area contributed by atoms with Crippen LogP contribution < -0.4 is 0 Å². The molecule has 1 heterocycles. The first-order valence-electron chi connectivity index (χ1n) is 4.79. The van der Waals surface area contributed by atoms with Gasteiger partial charge < -0.3 is 0 Å². The molecule has 0 aliphatic rings. The molecule has 0 aliphatic carbocycles. The van der Waals surface area contributed by atoms with Crippen molar-refractivity contribution in [3.8, 4) is 0 Å². The topological polar surface area (TPSA) is 12.9 Å². The number of rotatable bonds is 3. The zero-order valence-electron chi connectivity index (χ0n) is 8.80. The molecule has 0 radical (unpaired) electrons. The van der Waals surface area contributed by atoms with Crippen molar-refractivity contribution in [3.63, 3.8) is 0 Å². The number of nitrogens with zero attached hydrogens (tertiary/aromatic N) is 1. The van der Waals surface area contributed by atoms with Crippen LogP contribution in [0.1, 0.15) is 32.4 Å². The fourth-order valence-electron chi connectivity index (χ4n) is 1.35. The van der Waals surface area contributed by atoms with E-state index in [9.17, 15) is 13.2 Å². The Balaban J connectivity index is 2.68. The Morgan fingerprint density at radius 3 is 2.27 bits per heavy atom. The molecule has 0 saturated carbocycles. The smallest absolute Gasteiger partial charge is 0.261 e. The average molecular weight is 217 g/mol. The second-order valence-corrected chi connectivity index (χ2v) is 4.21. The number of aromatic nitrogens is 1. The maximum Gasteiger partial charge on any atom is 0.389 e. The van der Waals surface area contributed by atoms with Gasteiger partial charge in [-0.1, -0.05) is 19.9 Å². The third-order valence-electron chi connectivity index (χ3n) is 2.39. The minimum Gasteiger partial charge on any atom is -0.261 e. The van der Waals surface area contributed by atoms with Gasteiger partial charge >= 0.3 is 6.18 Å². The van der Waals surface area contributed by atoms with Crippen LogP contribution in [0, 0.1) is 0 Å². The highest BCUT2D eigenvalue weighted by atomic mass is 19.4. The zero-order chi connectivity index (χ0) is 11.5. The first-order valence-corrected chi connectivity index (χ1v) is 4.79. The van der Waals surface area contributed by atoms with Crippen molar-refractivity contribution in [2.45, 2.75) is 38.3 Å². The van der Waals surface area contributed by atoms with E-state index in [2.05, 4.69) is 4.98 Å². The molecule has 0 aromatic carbocycles. The van der Waals surface area contributed by atoms with Gasteiger partial charge in [-0.25, -0.2) is 0 Å². The average Bonchev–Trinajstić information content (AvgIpc) is 2.16. The second kappa shape index (κ2) is 4.21. The largest absolute Gasteiger partial charge is 0.389 e. The summed E-state index contributed by atoms with van der Waals surface area (Å²) in [5.74, 6) is 0. The lowest BCUT2D eigenvalue weighted by molar-refractivity contribution is -0.138. The lowest BCUT2D eigenvalue weighted by Gasteiger charge is -2.24. The monoisotopic (exact) mass is 217 g/mol. The molecule has 4 heteroatoms. The van der Waals surface area contributed by atoms with Gasteiger partial charge in [0.05, 0.1) is 0 Å². The fourth-order valence-corrected chi connectivity index (χ4v) is 1.35. The standard InChI is InChI=1S/C11H14F3N/c1-10(2,6-7-11(12,13)14)9-5-3-4-8-15-9/h3-5,8H,6-7H2,1-2H3. The highest BCUT2D eigenvalue weighted by Gasteiger charge is 2.32. The summed E-state index contributed by atoms with van der Waals surface area (Å²) in [6, 6.07) is 5.30. The van der Waals surface area contributed by atoms with E-state index in [4.69, 9.17) is 0 Å². The number of pyridine rings is 1. The molecule has 0 spiro atoms. The maximum atomic E-state index is 12.1. The maximum absolute atomic E-state index is 12.1. The highest BCUT2D eigenvalue weighted by Crippen LogP contribution is 2.32. The molecule has 0 saturated heterocycles. The SMILES string of the molecule is CC(C)(CCC(F)(F)F)c1ccccn1. The molecule has 1 nitrogen and oxygen atoms in total. The van der Waals surface area contributed by atoms with Gasteiger partial charge in [-0.15, -0.1) is 0 Å². The summed E-state index contributed by atoms with van der Waals surface area (Å²) in [5.41, 5.74) is 0.172. The lowest BCUT2D eigenvalue weighted by atomic mass is 9.84. The van der Waals surface area contributed by atoms with Gasteiger partial charge in [-0.3, -0.25) is 4.98 Å². The lowest BCUT2D eigenvalue weighted by Crippen LogP contribution is -2.22. The van der Waals surface area contributed by atoms with E-state index >= 15 is 0 Å². The summed E-state index contributed by atoms with van der Waals surface area (Å²) in [6.07, 6.45) is -3.19. The molecule has 1 aromatic heterocycles. The van der Waals surface area contributed by atoms with Crippen LogP contribution in [0.4, 0.5) is 13.2 Å².